The topological polar surface area (TPSA) is 46.2 Å². The summed E-state index contributed by atoms with van der Waals surface area (Å²) in [5, 5.41) is 2.78. The average Bonchev–Trinajstić information content (AvgIpc) is 2.36. The maximum absolute atomic E-state index is 11.4. The van der Waals surface area contributed by atoms with E-state index in [-0.39, 0.29) is 17.6 Å². The third-order valence-corrected chi connectivity index (χ3v) is 2.61. The molecule has 0 radical (unpaired) electrons. The van der Waals surface area contributed by atoms with Crippen LogP contribution in [0.25, 0.3) is 0 Å². The number of alkyl halides is 1. The first-order valence-electron chi connectivity index (χ1n) is 5.66. The molecule has 0 atom stereocenters. The van der Waals surface area contributed by atoms with E-state index in [4.69, 9.17) is 11.6 Å². The highest BCUT2D eigenvalue weighted by atomic mass is 35.5. The molecule has 3 nitrogen and oxygen atoms in total. The van der Waals surface area contributed by atoms with Gasteiger partial charge in [0.1, 0.15) is 0 Å². The van der Waals surface area contributed by atoms with Crippen LogP contribution in [-0.4, -0.2) is 17.6 Å². The third-order valence-electron chi connectivity index (χ3n) is 2.37. The molecule has 1 aromatic rings. The lowest BCUT2D eigenvalue weighted by Gasteiger charge is -2.05. The van der Waals surface area contributed by atoms with Gasteiger partial charge >= 0.3 is 0 Å². The van der Waals surface area contributed by atoms with E-state index in [0.717, 1.165) is 12.8 Å². The minimum absolute atomic E-state index is 0.00303. The fourth-order valence-corrected chi connectivity index (χ4v) is 1.53. The van der Waals surface area contributed by atoms with Crippen LogP contribution in [0.1, 0.15) is 36.5 Å². The molecule has 1 amide bonds. The highest BCUT2D eigenvalue weighted by Crippen LogP contribution is 2.11. The first-order valence-corrected chi connectivity index (χ1v) is 6.20. The van der Waals surface area contributed by atoms with Crippen molar-refractivity contribution in [1.29, 1.82) is 0 Å². The number of carbonyl (C=O) groups excluding carboxylic acids is 2. The Morgan fingerprint density at radius 1 is 1.24 bits per heavy atom. The van der Waals surface area contributed by atoms with Crippen molar-refractivity contribution in [3.63, 3.8) is 0 Å². The zero-order chi connectivity index (χ0) is 12.7. The maximum Gasteiger partial charge on any atom is 0.224 e. The summed E-state index contributed by atoms with van der Waals surface area (Å²) in [7, 11) is 0. The van der Waals surface area contributed by atoms with Gasteiger partial charge in [-0.15, -0.1) is 11.6 Å². The van der Waals surface area contributed by atoms with E-state index in [2.05, 4.69) is 5.32 Å². The van der Waals surface area contributed by atoms with E-state index in [1.807, 2.05) is 6.92 Å². The van der Waals surface area contributed by atoms with E-state index < -0.39 is 0 Å². The molecule has 0 fully saturated rings. The first-order chi connectivity index (χ1) is 8.17. The monoisotopic (exact) mass is 253 g/mol. The molecule has 1 N–H and O–H groups in total. The van der Waals surface area contributed by atoms with E-state index in [1.165, 1.54) is 0 Å². The second-order valence-electron chi connectivity index (χ2n) is 3.79. The third kappa shape index (κ3) is 4.57. The number of benzene rings is 1. The molecule has 92 valence electrons. The summed E-state index contributed by atoms with van der Waals surface area (Å²) in [5.41, 5.74) is 1.27. The van der Waals surface area contributed by atoms with E-state index in [9.17, 15) is 9.59 Å². The predicted octanol–water partition coefficient (Wildman–Crippen LogP) is 3.24. The lowest BCUT2D eigenvalue weighted by atomic mass is 10.1. The number of amides is 1. The number of unbranched alkanes of at least 4 members (excludes halogenated alkanes) is 1. The Balaban J connectivity index is 2.56. The molecule has 0 aliphatic heterocycles. The van der Waals surface area contributed by atoms with Crippen molar-refractivity contribution < 1.29 is 9.59 Å². The first kappa shape index (κ1) is 13.7. The molecule has 0 heterocycles. The molecule has 0 spiro atoms. The molecule has 1 rings (SSSR count). The van der Waals surface area contributed by atoms with Gasteiger partial charge in [0.05, 0.1) is 5.88 Å². The molecule has 0 unspecified atom stereocenters. The predicted molar refractivity (Wildman–Crippen MR) is 69.6 cm³/mol. The number of hydrogen-bond donors (Lipinski definition) is 1. The van der Waals surface area contributed by atoms with Crippen molar-refractivity contribution in [3.05, 3.63) is 29.8 Å². The lowest BCUT2D eigenvalue weighted by Crippen LogP contribution is -2.11. The van der Waals surface area contributed by atoms with Gasteiger partial charge in [-0.25, -0.2) is 0 Å². The molecule has 4 heteroatoms. The lowest BCUT2D eigenvalue weighted by molar-refractivity contribution is -0.116. The number of rotatable bonds is 6. The summed E-state index contributed by atoms with van der Waals surface area (Å²) in [6.07, 6.45) is 2.41. The smallest absolute Gasteiger partial charge is 0.224 e. The SMILES string of the molecule is CCCCC(=O)Nc1ccc(C(=O)CCl)cc1. The molecule has 0 aromatic heterocycles. The second kappa shape index (κ2) is 7.07. The zero-order valence-electron chi connectivity index (χ0n) is 9.83. The number of halogens is 1. The quantitative estimate of drug-likeness (QED) is 0.625. The summed E-state index contributed by atoms with van der Waals surface area (Å²) in [5.74, 6) is -0.138. The van der Waals surface area contributed by atoms with Crippen molar-refractivity contribution in [3.8, 4) is 0 Å². The molecule has 0 saturated heterocycles. The number of nitrogens with one attached hydrogen (secondary N) is 1. The summed E-state index contributed by atoms with van der Waals surface area (Å²) < 4.78 is 0. The highest BCUT2D eigenvalue weighted by Gasteiger charge is 2.05. The van der Waals surface area contributed by atoms with Crippen LogP contribution in [0.4, 0.5) is 5.69 Å². The summed E-state index contributed by atoms with van der Waals surface area (Å²) in [6, 6.07) is 6.76. The molecular formula is C13H16ClNO2. The number of anilines is 1. The van der Waals surface area contributed by atoms with Crippen LogP contribution < -0.4 is 5.32 Å². The van der Waals surface area contributed by atoms with Crippen LogP contribution in [-0.2, 0) is 4.79 Å². The molecular weight excluding hydrogens is 238 g/mol. The molecule has 0 saturated carbocycles. The van der Waals surface area contributed by atoms with Gasteiger partial charge in [0.15, 0.2) is 5.78 Å². The minimum atomic E-state index is -0.115. The van der Waals surface area contributed by atoms with E-state index >= 15 is 0 Å². The van der Waals surface area contributed by atoms with Gasteiger partial charge in [0.2, 0.25) is 5.91 Å². The van der Waals surface area contributed by atoms with Crippen molar-refractivity contribution in [2.45, 2.75) is 26.2 Å². The number of hydrogen-bond acceptors (Lipinski definition) is 2. The van der Waals surface area contributed by atoms with Crippen LogP contribution in [0.15, 0.2) is 24.3 Å². The molecule has 0 aliphatic rings. The molecule has 0 aliphatic carbocycles. The van der Waals surface area contributed by atoms with Crippen molar-refractivity contribution in [1.82, 2.24) is 0 Å². The maximum atomic E-state index is 11.4. The van der Waals surface area contributed by atoms with Crippen LogP contribution in [0.2, 0.25) is 0 Å². The van der Waals surface area contributed by atoms with Gasteiger partial charge in [-0.3, -0.25) is 9.59 Å². The Hall–Kier alpha value is -1.35. The zero-order valence-corrected chi connectivity index (χ0v) is 10.6. The highest BCUT2D eigenvalue weighted by molar-refractivity contribution is 6.30. The summed E-state index contributed by atoms with van der Waals surface area (Å²) >= 11 is 5.45. The average molecular weight is 254 g/mol. The van der Waals surface area contributed by atoms with Crippen LogP contribution >= 0.6 is 11.6 Å². The van der Waals surface area contributed by atoms with Crippen molar-refractivity contribution in [2.75, 3.05) is 11.2 Å². The molecule has 17 heavy (non-hydrogen) atoms. The fraction of sp³-hybridized carbons (Fsp3) is 0.385. The Morgan fingerprint density at radius 3 is 2.41 bits per heavy atom. The van der Waals surface area contributed by atoms with Crippen molar-refractivity contribution in [2.24, 2.45) is 0 Å². The normalized spacial score (nSPS) is 10.0. The molecule has 1 aromatic carbocycles. The number of carbonyl (C=O) groups is 2. The van der Waals surface area contributed by atoms with Crippen molar-refractivity contribution >= 4 is 29.0 Å². The van der Waals surface area contributed by atoms with Gasteiger partial charge in [0.25, 0.3) is 0 Å². The summed E-state index contributed by atoms with van der Waals surface area (Å²) in [6.45, 7) is 2.04. The van der Waals surface area contributed by atoms with Gasteiger partial charge in [0, 0.05) is 17.7 Å². The standard InChI is InChI=1S/C13H16ClNO2/c1-2-3-4-13(17)15-11-7-5-10(6-8-11)12(16)9-14/h5-8H,2-4,9H2,1H3,(H,15,17). The second-order valence-corrected chi connectivity index (χ2v) is 4.05. The largest absolute Gasteiger partial charge is 0.326 e. The summed E-state index contributed by atoms with van der Waals surface area (Å²) in [4.78, 5) is 22.7. The van der Waals surface area contributed by atoms with Crippen LogP contribution in [0.5, 0.6) is 0 Å². The number of Topliss-reactive ketones (excluding diaryl/α,β-unsaturated/α-hetero) is 1. The Labute approximate surface area is 106 Å². The van der Waals surface area contributed by atoms with Gasteiger partial charge in [-0.05, 0) is 30.7 Å². The van der Waals surface area contributed by atoms with Crippen LogP contribution in [0.3, 0.4) is 0 Å². The van der Waals surface area contributed by atoms with Gasteiger partial charge in [-0.2, -0.15) is 0 Å². The fourth-order valence-electron chi connectivity index (χ4n) is 1.38. The Kier molecular flexibility index (Phi) is 5.70. The van der Waals surface area contributed by atoms with E-state index in [1.54, 1.807) is 24.3 Å². The Bertz CT molecular complexity index is 387. The minimum Gasteiger partial charge on any atom is -0.326 e. The molecule has 0 bridgehead atoms. The number of ketones is 1. The van der Waals surface area contributed by atoms with Crippen LogP contribution in [0, 0.1) is 0 Å². The van der Waals surface area contributed by atoms with E-state index in [0.29, 0.717) is 17.7 Å². The van der Waals surface area contributed by atoms with Gasteiger partial charge in [-0.1, -0.05) is 13.3 Å². The Morgan fingerprint density at radius 2 is 1.88 bits per heavy atom. The van der Waals surface area contributed by atoms with Gasteiger partial charge < -0.3 is 5.32 Å².